The summed E-state index contributed by atoms with van der Waals surface area (Å²) in [6.45, 7) is 5.43. The first kappa shape index (κ1) is 11.6. The smallest absolute Gasteiger partial charge is 0.0575 e. The first-order valence-electron chi connectivity index (χ1n) is 5.91. The van der Waals surface area contributed by atoms with Gasteiger partial charge in [0.25, 0.3) is 0 Å². The minimum absolute atomic E-state index is 0.676. The van der Waals surface area contributed by atoms with E-state index in [2.05, 4.69) is 25.1 Å². The Morgan fingerprint density at radius 3 is 2.71 bits per heavy atom. The van der Waals surface area contributed by atoms with Crippen LogP contribution in [0.5, 0.6) is 0 Å². The molecule has 0 amide bonds. The van der Waals surface area contributed by atoms with E-state index in [9.17, 15) is 0 Å². The molecule has 80 valence electrons. The molecule has 1 saturated carbocycles. The molecule has 14 heavy (non-hydrogen) atoms. The van der Waals surface area contributed by atoms with Gasteiger partial charge in [-0.25, -0.2) is 0 Å². The van der Waals surface area contributed by atoms with Crippen LogP contribution < -0.4 is 5.32 Å². The lowest BCUT2D eigenvalue weighted by Crippen LogP contribution is -2.28. The summed E-state index contributed by atoms with van der Waals surface area (Å²) in [5.41, 5.74) is 0. The Kier molecular flexibility index (Phi) is 5.04. The monoisotopic (exact) mass is 193 g/mol. The van der Waals surface area contributed by atoms with Crippen molar-refractivity contribution >= 4 is 0 Å². The highest BCUT2D eigenvalue weighted by atomic mass is 14.9. The van der Waals surface area contributed by atoms with E-state index in [1.165, 1.54) is 32.1 Å². The fraction of sp³-hybridized carbons (Fsp3) is 0.846. The number of rotatable bonds is 3. The maximum absolute atomic E-state index is 5.25. The van der Waals surface area contributed by atoms with Crippen LogP contribution in [-0.2, 0) is 0 Å². The standard InChI is InChI=1S/C13H23N/c1-4-10-14-13-7-5-6-12(8-9-13)11(2)3/h1,11-14H,5-10H2,2-3H3. The number of nitrogens with one attached hydrogen (secondary N) is 1. The molecule has 0 aromatic heterocycles. The Bertz CT molecular complexity index is 190. The van der Waals surface area contributed by atoms with Crippen molar-refractivity contribution in [2.24, 2.45) is 11.8 Å². The Morgan fingerprint density at radius 2 is 2.07 bits per heavy atom. The second-order valence-electron chi connectivity index (χ2n) is 4.79. The molecule has 1 aliphatic carbocycles. The lowest BCUT2D eigenvalue weighted by Gasteiger charge is -2.18. The third kappa shape index (κ3) is 3.72. The predicted octanol–water partition coefficient (Wildman–Crippen LogP) is 2.81. The van der Waals surface area contributed by atoms with Crippen LogP contribution in [0.2, 0.25) is 0 Å². The van der Waals surface area contributed by atoms with Crippen LogP contribution >= 0.6 is 0 Å². The predicted molar refractivity (Wildman–Crippen MR) is 62.0 cm³/mol. The molecule has 0 aliphatic heterocycles. The molecule has 0 saturated heterocycles. The highest BCUT2D eigenvalue weighted by Crippen LogP contribution is 2.28. The fourth-order valence-electron chi connectivity index (χ4n) is 2.40. The van der Waals surface area contributed by atoms with Gasteiger partial charge in [-0.3, -0.25) is 0 Å². The first-order valence-corrected chi connectivity index (χ1v) is 5.91. The maximum Gasteiger partial charge on any atom is 0.0575 e. The van der Waals surface area contributed by atoms with E-state index in [0.717, 1.165) is 18.4 Å². The van der Waals surface area contributed by atoms with Crippen LogP contribution in [0.15, 0.2) is 0 Å². The van der Waals surface area contributed by atoms with Gasteiger partial charge in [0.2, 0.25) is 0 Å². The minimum Gasteiger partial charge on any atom is -0.303 e. The summed E-state index contributed by atoms with van der Waals surface area (Å²) in [5.74, 6) is 4.44. The molecule has 1 aliphatic rings. The van der Waals surface area contributed by atoms with Gasteiger partial charge in [0.05, 0.1) is 6.54 Å². The molecular weight excluding hydrogens is 170 g/mol. The Labute approximate surface area is 88.7 Å². The molecule has 0 aromatic carbocycles. The van der Waals surface area contributed by atoms with Crippen molar-refractivity contribution in [3.63, 3.8) is 0 Å². The topological polar surface area (TPSA) is 12.0 Å². The number of hydrogen-bond donors (Lipinski definition) is 1. The summed E-state index contributed by atoms with van der Waals surface area (Å²) in [6.07, 6.45) is 12.0. The minimum atomic E-state index is 0.676. The van der Waals surface area contributed by atoms with Gasteiger partial charge in [0.15, 0.2) is 0 Å². The van der Waals surface area contributed by atoms with Crippen LogP contribution in [0.4, 0.5) is 0 Å². The highest BCUT2D eigenvalue weighted by molar-refractivity contribution is 4.89. The Morgan fingerprint density at radius 1 is 1.29 bits per heavy atom. The second-order valence-corrected chi connectivity index (χ2v) is 4.79. The van der Waals surface area contributed by atoms with Gasteiger partial charge in [0, 0.05) is 6.04 Å². The zero-order chi connectivity index (χ0) is 10.4. The number of terminal acetylenes is 1. The SMILES string of the molecule is C#CCNC1CCCC(C(C)C)CC1. The van der Waals surface area contributed by atoms with Gasteiger partial charge in [-0.15, -0.1) is 6.42 Å². The van der Waals surface area contributed by atoms with Gasteiger partial charge < -0.3 is 5.32 Å². The van der Waals surface area contributed by atoms with Crippen molar-refractivity contribution in [1.29, 1.82) is 0 Å². The van der Waals surface area contributed by atoms with Gasteiger partial charge in [-0.2, -0.15) is 0 Å². The average molecular weight is 193 g/mol. The molecule has 0 spiro atoms. The van der Waals surface area contributed by atoms with E-state index in [-0.39, 0.29) is 0 Å². The van der Waals surface area contributed by atoms with Crippen molar-refractivity contribution in [2.45, 2.75) is 52.0 Å². The summed E-state index contributed by atoms with van der Waals surface area (Å²) in [7, 11) is 0. The van der Waals surface area contributed by atoms with Crippen LogP contribution in [0.3, 0.4) is 0 Å². The molecule has 1 rings (SSSR count). The van der Waals surface area contributed by atoms with Gasteiger partial charge in [-0.1, -0.05) is 32.6 Å². The summed E-state index contributed by atoms with van der Waals surface area (Å²) >= 11 is 0. The Balaban J connectivity index is 2.30. The molecule has 2 unspecified atom stereocenters. The lowest BCUT2D eigenvalue weighted by molar-refractivity contribution is 0.338. The van der Waals surface area contributed by atoms with E-state index in [4.69, 9.17) is 6.42 Å². The highest BCUT2D eigenvalue weighted by Gasteiger charge is 2.20. The summed E-state index contributed by atoms with van der Waals surface area (Å²) in [6, 6.07) is 0.676. The molecule has 0 aromatic rings. The van der Waals surface area contributed by atoms with E-state index in [0.29, 0.717) is 6.04 Å². The summed E-state index contributed by atoms with van der Waals surface area (Å²) in [4.78, 5) is 0. The zero-order valence-electron chi connectivity index (χ0n) is 9.55. The van der Waals surface area contributed by atoms with Crippen LogP contribution in [0.1, 0.15) is 46.0 Å². The van der Waals surface area contributed by atoms with Crippen LogP contribution in [0, 0.1) is 24.2 Å². The van der Waals surface area contributed by atoms with Gasteiger partial charge >= 0.3 is 0 Å². The molecule has 1 N–H and O–H groups in total. The van der Waals surface area contributed by atoms with E-state index in [1.54, 1.807) is 0 Å². The van der Waals surface area contributed by atoms with Crippen LogP contribution in [0.25, 0.3) is 0 Å². The molecule has 2 atom stereocenters. The third-order valence-electron chi connectivity index (χ3n) is 3.45. The average Bonchev–Trinajstić information content (AvgIpc) is 2.39. The molecule has 1 nitrogen and oxygen atoms in total. The van der Waals surface area contributed by atoms with Crippen LogP contribution in [-0.4, -0.2) is 12.6 Å². The molecule has 0 heterocycles. The molecule has 1 fully saturated rings. The van der Waals surface area contributed by atoms with E-state index >= 15 is 0 Å². The van der Waals surface area contributed by atoms with Crippen molar-refractivity contribution in [3.8, 4) is 12.3 Å². The first-order chi connectivity index (χ1) is 6.74. The lowest BCUT2D eigenvalue weighted by atomic mass is 9.89. The van der Waals surface area contributed by atoms with E-state index in [1.807, 2.05) is 0 Å². The molecule has 1 heteroatoms. The van der Waals surface area contributed by atoms with Crippen molar-refractivity contribution in [2.75, 3.05) is 6.54 Å². The molecular formula is C13H23N. The maximum atomic E-state index is 5.25. The summed E-state index contributed by atoms with van der Waals surface area (Å²) in [5, 5.41) is 3.43. The zero-order valence-corrected chi connectivity index (χ0v) is 9.55. The normalized spacial score (nSPS) is 28.4. The Hall–Kier alpha value is -0.480. The fourth-order valence-corrected chi connectivity index (χ4v) is 2.40. The second kappa shape index (κ2) is 6.09. The summed E-state index contributed by atoms with van der Waals surface area (Å²) < 4.78 is 0. The van der Waals surface area contributed by atoms with E-state index < -0.39 is 0 Å². The molecule has 0 bridgehead atoms. The van der Waals surface area contributed by atoms with Crippen molar-refractivity contribution in [3.05, 3.63) is 0 Å². The number of hydrogen-bond acceptors (Lipinski definition) is 1. The largest absolute Gasteiger partial charge is 0.303 e. The molecule has 0 radical (unpaired) electrons. The van der Waals surface area contributed by atoms with Crippen molar-refractivity contribution < 1.29 is 0 Å². The van der Waals surface area contributed by atoms with Crippen molar-refractivity contribution in [1.82, 2.24) is 5.32 Å². The van der Waals surface area contributed by atoms with Gasteiger partial charge in [-0.05, 0) is 31.1 Å². The third-order valence-corrected chi connectivity index (χ3v) is 3.45. The van der Waals surface area contributed by atoms with Gasteiger partial charge in [0.1, 0.15) is 0 Å². The quantitative estimate of drug-likeness (QED) is 0.537.